The van der Waals surface area contributed by atoms with Crippen molar-refractivity contribution in [2.24, 2.45) is 0 Å². The fraction of sp³-hybridized carbons (Fsp3) is 0.312. The fourth-order valence-corrected chi connectivity index (χ4v) is 3.44. The van der Waals surface area contributed by atoms with Crippen LogP contribution in [-0.4, -0.2) is 16.5 Å². The minimum Gasteiger partial charge on any atom is -0.496 e. The molecule has 0 aliphatic carbocycles. The summed E-state index contributed by atoms with van der Waals surface area (Å²) in [5.74, 6) is 0.950. The summed E-state index contributed by atoms with van der Waals surface area (Å²) in [5, 5.41) is 5.56. The maximum absolute atomic E-state index is 5.48. The Morgan fingerprint density at radius 1 is 1.29 bits per heavy atom. The lowest BCUT2D eigenvalue weighted by Crippen LogP contribution is -2.05. The summed E-state index contributed by atoms with van der Waals surface area (Å²) in [6, 6.07) is 4.19. The molecule has 0 atom stereocenters. The number of aromatic nitrogens is 2. The van der Waals surface area contributed by atoms with Crippen LogP contribution < -0.4 is 10.1 Å². The number of imidazole rings is 1. The van der Waals surface area contributed by atoms with Crippen LogP contribution in [0.2, 0.25) is 0 Å². The lowest BCUT2D eigenvalue weighted by atomic mass is 10.1. The number of rotatable bonds is 4. The van der Waals surface area contributed by atoms with Gasteiger partial charge in [-0.2, -0.15) is 0 Å². The number of ether oxygens (including phenoxy) is 1. The third-order valence-corrected chi connectivity index (χ3v) is 4.57. The molecule has 3 aromatic rings. The summed E-state index contributed by atoms with van der Waals surface area (Å²) in [6.07, 6.45) is 2.07. The van der Waals surface area contributed by atoms with Crippen molar-refractivity contribution in [3.8, 4) is 5.75 Å². The zero-order chi connectivity index (χ0) is 15.0. The first-order valence-corrected chi connectivity index (χ1v) is 7.79. The molecule has 2 aromatic heterocycles. The van der Waals surface area contributed by atoms with Crippen LogP contribution in [-0.2, 0) is 6.54 Å². The van der Waals surface area contributed by atoms with Crippen molar-refractivity contribution in [3.05, 3.63) is 46.2 Å². The maximum atomic E-state index is 5.48. The number of anilines is 1. The zero-order valence-electron chi connectivity index (χ0n) is 12.7. The average molecular weight is 301 g/mol. The molecule has 0 unspecified atom stereocenters. The van der Waals surface area contributed by atoms with Crippen LogP contribution in [0.1, 0.15) is 22.5 Å². The predicted octanol–water partition coefficient (Wildman–Crippen LogP) is 3.94. The van der Waals surface area contributed by atoms with Gasteiger partial charge in [-0.3, -0.25) is 4.40 Å². The standard InChI is InChI=1S/C16H19N3OS/c1-10-5-6-13(11(2)15(10)20-4)17-9-14-12(3)18-16-19(14)7-8-21-16/h5-8,17H,9H2,1-4H3. The average Bonchev–Trinajstić information content (AvgIpc) is 3.00. The van der Waals surface area contributed by atoms with E-state index in [2.05, 4.69) is 59.2 Å². The van der Waals surface area contributed by atoms with Gasteiger partial charge in [0.25, 0.3) is 0 Å². The van der Waals surface area contributed by atoms with Gasteiger partial charge in [0.1, 0.15) is 5.75 Å². The van der Waals surface area contributed by atoms with Gasteiger partial charge in [-0.15, -0.1) is 11.3 Å². The first kappa shape index (κ1) is 13.9. The molecule has 0 aliphatic heterocycles. The number of nitrogens with one attached hydrogen (secondary N) is 1. The van der Waals surface area contributed by atoms with E-state index in [0.717, 1.165) is 39.8 Å². The minimum atomic E-state index is 0.747. The topological polar surface area (TPSA) is 38.6 Å². The molecular formula is C16H19N3OS. The molecule has 0 amide bonds. The van der Waals surface area contributed by atoms with E-state index in [1.807, 2.05) is 0 Å². The van der Waals surface area contributed by atoms with Gasteiger partial charge in [0.15, 0.2) is 4.96 Å². The summed E-state index contributed by atoms with van der Waals surface area (Å²) >= 11 is 1.66. The highest BCUT2D eigenvalue weighted by Crippen LogP contribution is 2.29. The first-order chi connectivity index (χ1) is 10.1. The number of aryl methyl sites for hydroxylation is 2. The van der Waals surface area contributed by atoms with Crippen molar-refractivity contribution in [2.75, 3.05) is 12.4 Å². The zero-order valence-corrected chi connectivity index (χ0v) is 13.5. The molecule has 3 rings (SSSR count). The molecule has 4 nitrogen and oxygen atoms in total. The van der Waals surface area contributed by atoms with E-state index in [1.54, 1.807) is 18.4 Å². The van der Waals surface area contributed by atoms with Gasteiger partial charge in [-0.1, -0.05) is 6.07 Å². The molecule has 0 saturated carbocycles. The highest BCUT2D eigenvalue weighted by molar-refractivity contribution is 7.15. The van der Waals surface area contributed by atoms with Gasteiger partial charge < -0.3 is 10.1 Å². The van der Waals surface area contributed by atoms with Gasteiger partial charge >= 0.3 is 0 Å². The molecule has 0 aliphatic rings. The highest BCUT2D eigenvalue weighted by Gasteiger charge is 2.11. The Morgan fingerprint density at radius 2 is 2.10 bits per heavy atom. The third-order valence-electron chi connectivity index (χ3n) is 3.81. The molecule has 1 N–H and O–H groups in total. The molecule has 0 saturated heterocycles. The van der Waals surface area contributed by atoms with E-state index >= 15 is 0 Å². The molecule has 0 bridgehead atoms. The van der Waals surface area contributed by atoms with Crippen LogP contribution in [0.15, 0.2) is 23.7 Å². The second-order valence-electron chi connectivity index (χ2n) is 5.14. The van der Waals surface area contributed by atoms with E-state index in [4.69, 9.17) is 4.74 Å². The van der Waals surface area contributed by atoms with Crippen LogP contribution in [0, 0.1) is 20.8 Å². The van der Waals surface area contributed by atoms with Crippen molar-refractivity contribution in [1.82, 2.24) is 9.38 Å². The molecule has 5 heteroatoms. The van der Waals surface area contributed by atoms with Crippen molar-refractivity contribution >= 4 is 22.0 Å². The molecule has 0 spiro atoms. The number of nitrogens with zero attached hydrogens (tertiary/aromatic N) is 2. The van der Waals surface area contributed by atoms with Gasteiger partial charge in [0.05, 0.1) is 25.0 Å². The summed E-state index contributed by atoms with van der Waals surface area (Å²) in [5.41, 5.74) is 5.67. The monoisotopic (exact) mass is 301 g/mol. The van der Waals surface area contributed by atoms with Gasteiger partial charge in [-0.05, 0) is 32.4 Å². The Labute approximate surface area is 128 Å². The molecule has 0 radical (unpaired) electrons. The fourth-order valence-electron chi connectivity index (χ4n) is 2.67. The highest BCUT2D eigenvalue weighted by atomic mass is 32.1. The van der Waals surface area contributed by atoms with Gasteiger partial charge in [0.2, 0.25) is 0 Å². The number of hydrogen-bond donors (Lipinski definition) is 1. The van der Waals surface area contributed by atoms with E-state index < -0.39 is 0 Å². The quantitative estimate of drug-likeness (QED) is 0.793. The van der Waals surface area contributed by atoms with Gasteiger partial charge in [-0.25, -0.2) is 4.98 Å². The summed E-state index contributed by atoms with van der Waals surface area (Å²) in [4.78, 5) is 5.62. The predicted molar refractivity (Wildman–Crippen MR) is 87.6 cm³/mol. The molecule has 1 aromatic carbocycles. The third kappa shape index (κ3) is 2.38. The van der Waals surface area contributed by atoms with Crippen molar-refractivity contribution in [1.29, 1.82) is 0 Å². The van der Waals surface area contributed by atoms with Gasteiger partial charge in [0, 0.05) is 22.8 Å². The molecular weight excluding hydrogens is 282 g/mol. The minimum absolute atomic E-state index is 0.747. The van der Waals surface area contributed by atoms with E-state index in [9.17, 15) is 0 Å². The van der Waals surface area contributed by atoms with Crippen molar-refractivity contribution in [2.45, 2.75) is 27.3 Å². The Balaban J connectivity index is 1.88. The summed E-state index contributed by atoms with van der Waals surface area (Å²) < 4.78 is 7.63. The number of methoxy groups -OCH3 is 1. The molecule has 21 heavy (non-hydrogen) atoms. The second kappa shape index (κ2) is 5.41. The van der Waals surface area contributed by atoms with E-state index in [-0.39, 0.29) is 0 Å². The molecule has 0 fully saturated rings. The molecule has 2 heterocycles. The van der Waals surface area contributed by atoms with Crippen LogP contribution in [0.25, 0.3) is 4.96 Å². The largest absolute Gasteiger partial charge is 0.496 e. The smallest absolute Gasteiger partial charge is 0.194 e. The summed E-state index contributed by atoms with van der Waals surface area (Å²) in [7, 11) is 1.72. The van der Waals surface area contributed by atoms with E-state index in [1.165, 1.54) is 5.69 Å². The van der Waals surface area contributed by atoms with Crippen LogP contribution in [0.4, 0.5) is 5.69 Å². The second-order valence-corrected chi connectivity index (χ2v) is 6.01. The first-order valence-electron chi connectivity index (χ1n) is 6.91. The lowest BCUT2D eigenvalue weighted by molar-refractivity contribution is 0.409. The molecule has 110 valence electrons. The SMILES string of the molecule is COc1c(C)ccc(NCc2c(C)nc3sccn23)c1C. The lowest BCUT2D eigenvalue weighted by Gasteiger charge is -2.14. The Morgan fingerprint density at radius 3 is 2.86 bits per heavy atom. The normalized spacial score (nSPS) is 11.0. The van der Waals surface area contributed by atoms with Crippen molar-refractivity contribution < 1.29 is 4.74 Å². The Kier molecular flexibility index (Phi) is 3.59. The van der Waals surface area contributed by atoms with Crippen LogP contribution in [0.5, 0.6) is 5.75 Å². The summed E-state index contributed by atoms with van der Waals surface area (Å²) in [6.45, 7) is 6.94. The number of benzene rings is 1. The van der Waals surface area contributed by atoms with Crippen LogP contribution >= 0.6 is 11.3 Å². The van der Waals surface area contributed by atoms with Crippen LogP contribution in [0.3, 0.4) is 0 Å². The Hall–Kier alpha value is -2.01. The number of thiazole rings is 1. The Bertz CT molecular complexity index is 788. The maximum Gasteiger partial charge on any atom is 0.194 e. The number of fused-ring (bicyclic) bond motifs is 1. The van der Waals surface area contributed by atoms with E-state index in [0.29, 0.717) is 0 Å². The number of hydrogen-bond acceptors (Lipinski definition) is 4. The van der Waals surface area contributed by atoms with Crippen molar-refractivity contribution in [3.63, 3.8) is 0 Å².